The number of benzene rings is 1. The fourth-order valence-corrected chi connectivity index (χ4v) is 2.90. The van der Waals surface area contributed by atoms with Crippen LogP contribution in [-0.2, 0) is 13.1 Å². The summed E-state index contributed by atoms with van der Waals surface area (Å²) in [5.41, 5.74) is 2.68. The molecule has 23 heavy (non-hydrogen) atoms. The summed E-state index contributed by atoms with van der Waals surface area (Å²) in [4.78, 5) is 6.71. The molecule has 0 atom stereocenters. The second-order valence-electron chi connectivity index (χ2n) is 5.78. The summed E-state index contributed by atoms with van der Waals surface area (Å²) in [7, 11) is 0. The van der Waals surface area contributed by atoms with Crippen molar-refractivity contribution in [2.24, 2.45) is 0 Å². The van der Waals surface area contributed by atoms with Crippen molar-refractivity contribution in [3.05, 3.63) is 66.0 Å². The lowest BCUT2D eigenvalue weighted by molar-refractivity contribution is 0.190. The van der Waals surface area contributed by atoms with E-state index in [-0.39, 0.29) is 24.8 Å². The number of piperidine rings is 1. The summed E-state index contributed by atoms with van der Waals surface area (Å²) >= 11 is 0. The second-order valence-corrected chi connectivity index (χ2v) is 5.78. The maximum absolute atomic E-state index is 4.16. The maximum Gasteiger partial charge on any atom is 0.0312 e. The van der Waals surface area contributed by atoms with Gasteiger partial charge in [0.05, 0.1) is 0 Å². The Labute approximate surface area is 151 Å². The predicted molar refractivity (Wildman–Crippen MR) is 100 cm³/mol. The Hall–Kier alpha value is -1.13. The fraction of sp³-hybridized carbons (Fsp3) is 0.389. The quantitative estimate of drug-likeness (QED) is 0.888. The highest BCUT2D eigenvalue weighted by atomic mass is 35.5. The first kappa shape index (κ1) is 19.9. The molecule has 2 heterocycles. The molecule has 1 fully saturated rings. The number of aromatic nitrogens is 1. The smallest absolute Gasteiger partial charge is 0.0312 e. The van der Waals surface area contributed by atoms with E-state index in [4.69, 9.17) is 0 Å². The zero-order valence-electron chi connectivity index (χ0n) is 13.2. The van der Waals surface area contributed by atoms with E-state index in [9.17, 15) is 0 Å². The first-order chi connectivity index (χ1) is 10.4. The standard InChI is InChI=1S/C18H23N3.2ClH/c1-2-5-16(6-3-1)15-21-11-8-18(9-12-21)20-14-17-7-4-10-19-13-17;;/h1-7,10,13,18,20H,8-9,11-12,14-15H2;2*1H. The van der Waals surface area contributed by atoms with Crippen molar-refractivity contribution >= 4 is 24.8 Å². The van der Waals surface area contributed by atoms with Crippen molar-refractivity contribution in [3.8, 4) is 0 Å². The van der Waals surface area contributed by atoms with Gasteiger partial charge in [0.25, 0.3) is 0 Å². The molecule has 2 aromatic rings. The molecule has 0 amide bonds. The monoisotopic (exact) mass is 353 g/mol. The minimum absolute atomic E-state index is 0. The molecule has 1 N–H and O–H groups in total. The van der Waals surface area contributed by atoms with E-state index in [1.165, 1.54) is 37.1 Å². The molecule has 0 saturated carbocycles. The Bertz CT molecular complexity index is 528. The van der Waals surface area contributed by atoms with Crippen LogP contribution in [-0.4, -0.2) is 29.0 Å². The third kappa shape index (κ3) is 6.48. The van der Waals surface area contributed by atoms with Crippen LogP contribution < -0.4 is 5.32 Å². The molecule has 1 aliphatic heterocycles. The lowest BCUT2D eigenvalue weighted by Gasteiger charge is -2.32. The first-order valence-corrected chi connectivity index (χ1v) is 7.79. The van der Waals surface area contributed by atoms with Crippen molar-refractivity contribution in [1.82, 2.24) is 15.2 Å². The number of likely N-dealkylation sites (tertiary alicyclic amines) is 1. The number of nitrogens with zero attached hydrogens (tertiary/aromatic N) is 2. The van der Waals surface area contributed by atoms with Gasteiger partial charge >= 0.3 is 0 Å². The predicted octanol–water partition coefficient (Wildman–Crippen LogP) is 3.68. The molecule has 1 aromatic carbocycles. The normalized spacial score (nSPS) is 15.5. The van der Waals surface area contributed by atoms with E-state index < -0.39 is 0 Å². The van der Waals surface area contributed by atoms with Gasteiger partial charge in [0.15, 0.2) is 0 Å². The van der Waals surface area contributed by atoms with E-state index in [1.54, 1.807) is 0 Å². The molecule has 1 aliphatic rings. The van der Waals surface area contributed by atoms with Crippen LogP contribution in [0, 0.1) is 0 Å². The summed E-state index contributed by atoms with van der Waals surface area (Å²) in [5.74, 6) is 0. The lowest BCUT2D eigenvalue weighted by Crippen LogP contribution is -2.41. The number of halogens is 2. The van der Waals surface area contributed by atoms with E-state index in [2.05, 4.69) is 51.6 Å². The highest BCUT2D eigenvalue weighted by molar-refractivity contribution is 5.85. The minimum Gasteiger partial charge on any atom is -0.310 e. The summed E-state index contributed by atoms with van der Waals surface area (Å²) in [6.07, 6.45) is 6.23. The number of rotatable bonds is 5. The average Bonchev–Trinajstić information content (AvgIpc) is 2.56. The topological polar surface area (TPSA) is 28.2 Å². The highest BCUT2D eigenvalue weighted by Crippen LogP contribution is 2.14. The third-order valence-corrected chi connectivity index (χ3v) is 4.15. The number of pyridine rings is 1. The molecule has 0 unspecified atom stereocenters. The van der Waals surface area contributed by atoms with Gasteiger partial charge in [-0.15, -0.1) is 24.8 Å². The average molecular weight is 354 g/mol. The van der Waals surface area contributed by atoms with Crippen molar-refractivity contribution in [2.75, 3.05) is 13.1 Å². The van der Waals surface area contributed by atoms with Gasteiger partial charge in [-0.2, -0.15) is 0 Å². The Kier molecular flexibility index (Phi) is 9.19. The molecule has 0 aliphatic carbocycles. The van der Waals surface area contributed by atoms with Crippen LogP contribution in [0.2, 0.25) is 0 Å². The summed E-state index contributed by atoms with van der Waals surface area (Å²) < 4.78 is 0. The van der Waals surface area contributed by atoms with Crippen LogP contribution in [0.3, 0.4) is 0 Å². The molecule has 3 nitrogen and oxygen atoms in total. The van der Waals surface area contributed by atoms with E-state index >= 15 is 0 Å². The van der Waals surface area contributed by atoms with Crippen molar-refractivity contribution in [1.29, 1.82) is 0 Å². The third-order valence-electron chi connectivity index (χ3n) is 4.15. The van der Waals surface area contributed by atoms with Gasteiger partial charge < -0.3 is 5.32 Å². The van der Waals surface area contributed by atoms with Gasteiger partial charge in [-0.3, -0.25) is 9.88 Å². The van der Waals surface area contributed by atoms with Gasteiger partial charge in [0.1, 0.15) is 0 Å². The van der Waals surface area contributed by atoms with E-state index in [1.807, 2.05) is 18.5 Å². The van der Waals surface area contributed by atoms with E-state index in [0.29, 0.717) is 6.04 Å². The van der Waals surface area contributed by atoms with Gasteiger partial charge in [0.2, 0.25) is 0 Å². The summed E-state index contributed by atoms with van der Waals surface area (Å²) in [6.45, 7) is 4.37. The van der Waals surface area contributed by atoms with Crippen molar-refractivity contribution in [2.45, 2.75) is 32.0 Å². The first-order valence-electron chi connectivity index (χ1n) is 7.79. The van der Waals surface area contributed by atoms with Crippen LogP contribution >= 0.6 is 24.8 Å². The van der Waals surface area contributed by atoms with Crippen molar-refractivity contribution in [3.63, 3.8) is 0 Å². The Morgan fingerprint density at radius 1 is 0.957 bits per heavy atom. The number of hydrogen-bond acceptors (Lipinski definition) is 3. The van der Waals surface area contributed by atoms with Crippen LogP contribution in [0.25, 0.3) is 0 Å². The van der Waals surface area contributed by atoms with Gasteiger partial charge in [-0.05, 0) is 43.1 Å². The maximum atomic E-state index is 4.16. The molecule has 126 valence electrons. The Morgan fingerprint density at radius 3 is 2.30 bits per heavy atom. The van der Waals surface area contributed by atoms with E-state index in [0.717, 1.165) is 13.1 Å². The number of hydrogen-bond donors (Lipinski definition) is 1. The highest BCUT2D eigenvalue weighted by Gasteiger charge is 2.18. The molecule has 0 bridgehead atoms. The molecule has 1 aromatic heterocycles. The van der Waals surface area contributed by atoms with Crippen LogP contribution in [0.1, 0.15) is 24.0 Å². The molecule has 3 rings (SSSR count). The molecule has 0 spiro atoms. The lowest BCUT2D eigenvalue weighted by atomic mass is 10.0. The summed E-state index contributed by atoms with van der Waals surface area (Å²) in [6, 6.07) is 15.5. The van der Waals surface area contributed by atoms with Crippen LogP contribution in [0.5, 0.6) is 0 Å². The second kappa shape index (κ2) is 10.6. The minimum atomic E-state index is 0. The summed E-state index contributed by atoms with van der Waals surface area (Å²) in [5, 5.41) is 3.66. The number of nitrogens with one attached hydrogen (secondary N) is 1. The van der Waals surface area contributed by atoms with Crippen LogP contribution in [0.15, 0.2) is 54.9 Å². The zero-order chi connectivity index (χ0) is 14.3. The van der Waals surface area contributed by atoms with Crippen molar-refractivity contribution < 1.29 is 0 Å². The molecule has 1 saturated heterocycles. The Balaban J connectivity index is 0.00000132. The zero-order valence-corrected chi connectivity index (χ0v) is 14.9. The molecule has 5 heteroatoms. The van der Waals surface area contributed by atoms with Gasteiger partial charge in [0, 0.05) is 31.5 Å². The Morgan fingerprint density at radius 2 is 1.65 bits per heavy atom. The van der Waals surface area contributed by atoms with Crippen LogP contribution in [0.4, 0.5) is 0 Å². The largest absolute Gasteiger partial charge is 0.310 e. The fourth-order valence-electron chi connectivity index (χ4n) is 2.90. The van der Waals surface area contributed by atoms with Gasteiger partial charge in [-0.25, -0.2) is 0 Å². The van der Waals surface area contributed by atoms with Gasteiger partial charge in [-0.1, -0.05) is 36.4 Å². The molecule has 0 radical (unpaired) electrons. The SMILES string of the molecule is Cl.Cl.c1ccc(CN2CCC(NCc3cccnc3)CC2)cc1. The molecular formula is C18H25Cl2N3. The molecular weight excluding hydrogens is 329 g/mol.